The lowest BCUT2D eigenvalue weighted by atomic mass is 10.1. The number of aryl methyl sites for hydroxylation is 1. The molecule has 0 unspecified atom stereocenters. The molecule has 1 aromatic carbocycles. The second kappa shape index (κ2) is 9.06. The van der Waals surface area contributed by atoms with Gasteiger partial charge in [-0.1, -0.05) is 32.9 Å². The predicted molar refractivity (Wildman–Crippen MR) is 101 cm³/mol. The zero-order chi connectivity index (χ0) is 17.4. The van der Waals surface area contributed by atoms with Gasteiger partial charge in [0.25, 0.3) is 5.91 Å². The van der Waals surface area contributed by atoms with Gasteiger partial charge in [-0.05, 0) is 49.1 Å². The van der Waals surface area contributed by atoms with Crippen LogP contribution in [0.2, 0.25) is 0 Å². The summed E-state index contributed by atoms with van der Waals surface area (Å²) in [5, 5.41) is 2.92. The Kier molecular flexibility index (Phi) is 6.79. The number of nitrogens with zero attached hydrogens (tertiary/aromatic N) is 2. The zero-order valence-corrected chi connectivity index (χ0v) is 14.9. The fraction of sp³-hybridized carbons (Fsp3) is 0.400. The van der Waals surface area contributed by atoms with Gasteiger partial charge in [-0.2, -0.15) is 0 Å². The van der Waals surface area contributed by atoms with Gasteiger partial charge in [0, 0.05) is 25.0 Å². The predicted octanol–water partition coefficient (Wildman–Crippen LogP) is 4.52. The first kappa shape index (κ1) is 18.0. The van der Waals surface area contributed by atoms with Crippen LogP contribution in [0.4, 0.5) is 11.5 Å². The first-order valence-corrected chi connectivity index (χ1v) is 8.79. The van der Waals surface area contributed by atoms with Crippen LogP contribution in [0.3, 0.4) is 0 Å². The van der Waals surface area contributed by atoms with E-state index in [4.69, 9.17) is 0 Å². The minimum Gasteiger partial charge on any atom is -0.357 e. The lowest BCUT2D eigenvalue weighted by Gasteiger charge is -2.22. The van der Waals surface area contributed by atoms with Gasteiger partial charge in [0.1, 0.15) is 5.82 Å². The second-order valence-corrected chi connectivity index (χ2v) is 5.90. The first-order valence-electron chi connectivity index (χ1n) is 8.79. The number of anilines is 2. The Morgan fingerprint density at radius 2 is 1.67 bits per heavy atom. The third-order valence-electron chi connectivity index (χ3n) is 3.94. The molecule has 1 aromatic heterocycles. The molecule has 0 spiro atoms. The van der Waals surface area contributed by atoms with Crippen LogP contribution in [-0.2, 0) is 6.42 Å². The average Bonchev–Trinajstić information content (AvgIpc) is 2.62. The van der Waals surface area contributed by atoms with Gasteiger partial charge in [0.05, 0.1) is 5.56 Å². The number of amides is 1. The highest BCUT2D eigenvalue weighted by molar-refractivity contribution is 6.04. The highest BCUT2D eigenvalue weighted by atomic mass is 16.1. The highest BCUT2D eigenvalue weighted by Gasteiger charge is 2.10. The van der Waals surface area contributed by atoms with Gasteiger partial charge in [0.15, 0.2) is 0 Å². The summed E-state index contributed by atoms with van der Waals surface area (Å²) in [4.78, 5) is 19.1. The maximum absolute atomic E-state index is 12.3. The summed E-state index contributed by atoms with van der Waals surface area (Å²) in [6, 6.07) is 11.7. The van der Waals surface area contributed by atoms with Crippen LogP contribution < -0.4 is 10.2 Å². The van der Waals surface area contributed by atoms with Crippen molar-refractivity contribution in [2.24, 2.45) is 0 Å². The van der Waals surface area contributed by atoms with Crippen molar-refractivity contribution < 1.29 is 4.79 Å². The smallest absolute Gasteiger partial charge is 0.257 e. The summed E-state index contributed by atoms with van der Waals surface area (Å²) in [6.07, 6.45) is 4.81. The van der Waals surface area contributed by atoms with Crippen molar-refractivity contribution in [2.45, 2.75) is 40.0 Å². The molecule has 0 saturated carbocycles. The molecule has 0 saturated heterocycles. The van der Waals surface area contributed by atoms with Crippen molar-refractivity contribution >= 4 is 17.4 Å². The quantitative estimate of drug-likeness (QED) is 0.776. The van der Waals surface area contributed by atoms with E-state index in [-0.39, 0.29) is 5.91 Å². The molecule has 1 N–H and O–H groups in total. The normalized spacial score (nSPS) is 10.5. The molecule has 24 heavy (non-hydrogen) atoms. The van der Waals surface area contributed by atoms with E-state index in [1.54, 1.807) is 6.20 Å². The summed E-state index contributed by atoms with van der Waals surface area (Å²) in [5.41, 5.74) is 2.64. The molecule has 0 aliphatic rings. The maximum atomic E-state index is 12.3. The SMILES string of the molecule is CCCN(CCC)c1ccc(C(=O)Nc2ccc(CC)cc2)cn1. The Morgan fingerprint density at radius 3 is 2.17 bits per heavy atom. The number of benzene rings is 1. The Balaban J connectivity index is 2.04. The van der Waals surface area contributed by atoms with Crippen molar-refractivity contribution in [1.29, 1.82) is 0 Å². The van der Waals surface area contributed by atoms with E-state index in [2.05, 4.69) is 36.0 Å². The van der Waals surface area contributed by atoms with Gasteiger partial charge in [-0.25, -0.2) is 4.98 Å². The third kappa shape index (κ3) is 4.82. The number of carbonyl (C=O) groups is 1. The summed E-state index contributed by atoms with van der Waals surface area (Å²) in [6.45, 7) is 8.40. The Bertz CT molecular complexity index is 629. The minimum absolute atomic E-state index is 0.129. The number of hydrogen-bond acceptors (Lipinski definition) is 3. The molecule has 0 radical (unpaired) electrons. The zero-order valence-electron chi connectivity index (χ0n) is 14.9. The van der Waals surface area contributed by atoms with E-state index in [1.807, 2.05) is 36.4 Å². The van der Waals surface area contributed by atoms with E-state index in [0.717, 1.165) is 43.9 Å². The molecule has 128 valence electrons. The first-order chi connectivity index (χ1) is 11.7. The fourth-order valence-corrected chi connectivity index (χ4v) is 2.62. The summed E-state index contributed by atoms with van der Waals surface area (Å²) in [7, 11) is 0. The van der Waals surface area contributed by atoms with Crippen LogP contribution in [0, 0.1) is 0 Å². The van der Waals surface area contributed by atoms with Gasteiger partial charge >= 0.3 is 0 Å². The molecule has 0 fully saturated rings. The third-order valence-corrected chi connectivity index (χ3v) is 3.94. The largest absolute Gasteiger partial charge is 0.357 e. The minimum atomic E-state index is -0.129. The van der Waals surface area contributed by atoms with Gasteiger partial charge in [0.2, 0.25) is 0 Å². The molecule has 4 nitrogen and oxygen atoms in total. The van der Waals surface area contributed by atoms with E-state index < -0.39 is 0 Å². The molecule has 2 aromatic rings. The van der Waals surface area contributed by atoms with E-state index in [1.165, 1.54) is 5.56 Å². The second-order valence-electron chi connectivity index (χ2n) is 5.90. The average molecular weight is 325 g/mol. The number of pyridine rings is 1. The Morgan fingerprint density at radius 1 is 1.00 bits per heavy atom. The lowest BCUT2D eigenvalue weighted by Crippen LogP contribution is -2.26. The Hall–Kier alpha value is -2.36. The molecule has 0 atom stereocenters. The van der Waals surface area contributed by atoms with Crippen LogP contribution in [0.1, 0.15) is 49.5 Å². The van der Waals surface area contributed by atoms with Crippen molar-refractivity contribution in [3.63, 3.8) is 0 Å². The summed E-state index contributed by atoms with van der Waals surface area (Å²) >= 11 is 0. The summed E-state index contributed by atoms with van der Waals surface area (Å²) in [5.74, 6) is 0.804. The van der Waals surface area contributed by atoms with Crippen molar-refractivity contribution in [3.05, 3.63) is 53.7 Å². The highest BCUT2D eigenvalue weighted by Crippen LogP contribution is 2.15. The fourth-order valence-electron chi connectivity index (χ4n) is 2.62. The number of nitrogens with one attached hydrogen (secondary N) is 1. The number of aromatic nitrogens is 1. The molecule has 2 rings (SSSR count). The van der Waals surface area contributed by atoms with Gasteiger partial charge in [-0.3, -0.25) is 4.79 Å². The van der Waals surface area contributed by atoms with Gasteiger partial charge in [-0.15, -0.1) is 0 Å². The molecular formula is C20H27N3O. The number of hydrogen-bond donors (Lipinski definition) is 1. The molecule has 1 heterocycles. The van der Waals surface area contributed by atoms with E-state index in [9.17, 15) is 4.79 Å². The van der Waals surface area contributed by atoms with Crippen molar-refractivity contribution in [2.75, 3.05) is 23.3 Å². The maximum Gasteiger partial charge on any atom is 0.257 e. The van der Waals surface area contributed by atoms with E-state index in [0.29, 0.717) is 5.56 Å². The van der Waals surface area contributed by atoms with Crippen LogP contribution in [0.15, 0.2) is 42.6 Å². The lowest BCUT2D eigenvalue weighted by molar-refractivity contribution is 0.102. The molecule has 1 amide bonds. The number of rotatable bonds is 8. The van der Waals surface area contributed by atoms with Crippen molar-refractivity contribution in [1.82, 2.24) is 4.98 Å². The number of carbonyl (C=O) groups excluding carboxylic acids is 1. The van der Waals surface area contributed by atoms with Crippen LogP contribution in [0.25, 0.3) is 0 Å². The molecule has 0 aliphatic heterocycles. The van der Waals surface area contributed by atoms with E-state index >= 15 is 0 Å². The standard InChI is InChI=1S/C20H27N3O/c1-4-13-23(14-5-2)19-12-9-17(15-21-19)20(24)22-18-10-7-16(6-3)8-11-18/h7-12,15H,4-6,13-14H2,1-3H3,(H,22,24). The molecular weight excluding hydrogens is 298 g/mol. The molecule has 0 aliphatic carbocycles. The van der Waals surface area contributed by atoms with Crippen LogP contribution in [-0.4, -0.2) is 24.0 Å². The summed E-state index contributed by atoms with van der Waals surface area (Å²) < 4.78 is 0. The Labute approximate surface area is 144 Å². The molecule has 4 heteroatoms. The van der Waals surface area contributed by atoms with Crippen molar-refractivity contribution in [3.8, 4) is 0 Å². The monoisotopic (exact) mass is 325 g/mol. The van der Waals surface area contributed by atoms with Crippen LogP contribution in [0.5, 0.6) is 0 Å². The van der Waals surface area contributed by atoms with Gasteiger partial charge < -0.3 is 10.2 Å². The van der Waals surface area contributed by atoms with Crippen LogP contribution >= 0.6 is 0 Å². The molecule has 0 bridgehead atoms. The topological polar surface area (TPSA) is 45.2 Å².